The first-order valence-corrected chi connectivity index (χ1v) is 6.42. The van der Waals surface area contributed by atoms with Crippen molar-refractivity contribution in [2.45, 2.75) is 6.92 Å². The van der Waals surface area contributed by atoms with Crippen LogP contribution >= 0.6 is 0 Å². The lowest BCUT2D eigenvalue weighted by atomic mass is 10.6. The Morgan fingerprint density at radius 3 is 2.50 bits per heavy atom. The van der Waals surface area contributed by atoms with Gasteiger partial charge in [0.25, 0.3) is 5.95 Å². The molecule has 0 aliphatic rings. The summed E-state index contributed by atoms with van der Waals surface area (Å²) >= 11 is 0. The lowest BCUT2D eigenvalue weighted by Crippen LogP contribution is -2.22. The SMILES string of the molecule is CCNc1nc(NCCN(C)C)nc(-n2cncn2)n1. The molecule has 0 amide bonds. The second-order valence-corrected chi connectivity index (χ2v) is 4.38. The molecule has 0 aliphatic heterocycles. The molecule has 0 atom stereocenters. The molecular formula is C11H19N9. The third-order valence-electron chi connectivity index (χ3n) is 2.42. The fourth-order valence-electron chi connectivity index (χ4n) is 1.49. The minimum Gasteiger partial charge on any atom is -0.354 e. The van der Waals surface area contributed by atoms with Crippen molar-refractivity contribution in [1.29, 1.82) is 0 Å². The van der Waals surface area contributed by atoms with E-state index >= 15 is 0 Å². The topological polar surface area (TPSA) is 96.7 Å². The van der Waals surface area contributed by atoms with Crippen LogP contribution in [0.4, 0.5) is 11.9 Å². The summed E-state index contributed by atoms with van der Waals surface area (Å²) in [6, 6.07) is 0. The van der Waals surface area contributed by atoms with Crippen molar-refractivity contribution in [3.63, 3.8) is 0 Å². The summed E-state index contributed by atoms with van der Waals surface area (Å²) in [4.78, 5) is 18.9. The Hall–Kier alpha value is -2.29. The highest BCUT2D eigenvalue weighted by Crippen LogP contribution is 2.07. The van der Waals surface area contributed by atoms with E-state index < -0.39 is 0 Å². The predicted octanol–water partition coefficient (Wildman–Crippen LogP) is -0.142. The number of hydrogen-bond donors (Lipinski definition) is 2. The van der Waals surface area contributed by atoms with Crippen LogP contribution in [0.1, 0.15) is 6.92 Å². The minimum absolute atomic E-state index is 0.431. The maximum Gasteiger partial charge on any atom is 0.258 e. The molecule has 2 aromatic rings. The van der Waals surface area contributed by atoms with E-state index in [-0.39, 0.29) is 0 Å². The summed E-state index contributed by atoms with van der Waals surface area (Å²) in [6.07, 6.45) is 2.99. The zero-order valence-electron chi connectivity index (χ0n) is 11.9. The number of hydrogen-bond acceptors (Lipinski definition) is 8. The molecule has 20 heavy (non-hydrogen) atoms. The van der Waals surface area contributed by atoms with Crippen molar-refractivity contribution in [1.82, 2.24) is 34.6 Å². The zero-order chi connectivity index (χ0) is 14.4. The second kappa shape index (κ2) is 6.75. The Kier molecular flexibility index (Phi) is 4.77. The van der Waals surface area contributed by atoms with Crippen molar-refractivity contribution in [3.8, 4) is 5.95 Å². The van der Waals surface area contributed by atoms with Gasteiger partial charge in [0.2, 0.25) is 11.9 Å². The van der Waals surface area contributed by atoms with Gasteiger partial charge in [-0.25, -0.2) is 4.98 Å². The van der Waals surface area contributed by atoms with E-state index in [1.165, 1.54) is 11.0 Å². The Morgan fingerprint density at radius 1 is 1.15 bits per heavy atom. The number of aromatic nitrogens is 6. The molecule has 0 unspecified atom stereocenters. The summed E-state index contributed by atoms with van der Waals surface area (Å²) in [7, 11) is 4.03. The van der Waals surface area contributed by atoms with E-state index in [0.717, 1.165) is 19.6 Å². The highest BCUT2D eigenvalue weighted by Gasteiger charge is 2.08. The van der Waals surface area contributed by atoms with Gasteiger partial charge in [0.05, 0.1) is 0 Å². The van der Waals surface area contributed by atoms with Gasteiger partial charge in [0.15, 0.2) is 0 Å². The Balaban J connectivity index is 2.17. The lowest BCUT2D eigenvalue weighted by molar-refractivity contribution is 0.425. The molecular weight excluding hydrogens is 258 g/mol. The van der Waals surface area contributed by atoms with Crippen molar-refractivity contribution in [2.24, 2.45) is 0 Å². The molecule has 0 aliphatic carbocycles. The molecule has 0 aromatic carbocycles. The van der Waals surface area contributed by atoms with Crippen LogP contribution in [0, 0.1) is 0 Å². The highest BCUT2D eigenvalue weighted by atomic mass is 15.4. The van der Waals surface area contributed by atoms with Crippen molar-refractivity contribution in [3.05, 3.63) is 12.7 Å². The van der Waals surface area contributed by atoms with Crippen LogP contribution in [0.15, 0.2) is 12.7 Å². The minimum atomic E-state index is 0.431. The quantitative estimate of drug-likeness (QED) is 0.721. The van der Waals surface area contributed by atoms with Crippen LogP contribution in [0.2, 0.25) is 0 Å². The van der Waals surface area contributed by atoms with Crippen molar-refractivity contribution >= 4 is 11.9 Å². The summed E-state index contributed by atoms with van der Waals surface area (Å²) in [5.41, 5.74) is 0. The largest absolute Gasteiger partial charge is 0.354 e. The molecule has 0 fully saturated rings. The van der Waals surface area contributed by atoms with Gasteiger partial charge in [-0.05, 0) is 21.0 Å². The van der Waals surface area contributed by atoms with Gasteiger partial charge >= 0.3 is 0 Å². The molecule has 0 saturated carbocycles. The van der Waals surface area contributed by atoms with E-state index in [9.17, 15) is 0 Å². The van der Waals surface area contributed by atoms with E-state index in [1.807, 2.05) is 21.0 Å². The first-order chi connectivity index (χ1) is 9.69. The average molecular weight is 277 g/mol. The Labute approximate surface area is 117 Å². The monoisotopic (exact) mass is 277 g/mol. The Morgan fingerprint density at radius 2 is 1.90 bits per heavy atom. The average Bonchev–Trinajstić information content (AvgIpc) is 2.92. The van der Waals surface area contributed by atoms with Gasteiger partial charge in [0.1, 0.15) is 12.7 Å². The van der Waals surface area contributed by atoms with Crippen LogP contribution < -0.4 is 10.6 Å². The third kappa shape index (κ3) is 3.85. The number of nitrogens with zero attached hydrogens (tertiary/aromatic N) is 7. The summed E-state index contributed by atoms with van der Waals surface area (Å²) in [6.45, 7) is 4.36. The molecule has 2 aromatic heterocycles. The van der Waals surface area contributed by atoms with Gasteiger partial charge in [-0.1, -0.05) is 0 Å². The van der Waals surface area contributed by atoms with Crippen LogP contribution in [0.3, 0.4) is 0 Å². The molecule has 2 heterocycles. The van der Waals surface area contributed by atoms with Crippen molar-refractivity contribution < 1.29 is 0 Å². The summed E-state index contributed by atoms with van der Waals surface area (Å²) < 4.78 is 1.50. The fourth-order valence-corrected chi connectivity index (χ4v) is 1.49. The normalized spacial score (nSPS) is 10.8. The smallest absolute Gasteiger partial charge is 0.258 e. The Bertz CT molecular complexity index is 523. The van der Waals surface area contributed by atoms with Crippen LogP contribution in [0.25, 0.3) is 5.95 Å². The predicted molar refractivity (Wildman–Crippen MR) is 76.0 cm³/mol. The standard InChI is InChI=1S/C11H19N9/c1-4-13-9-16-10(14-5-6-19(2)3)18-11(17-9)20-8-12-7-15-20/h7-8H,4-6H2,1-3H3,(H2,13,14,16,17,18). The third-order valence-corrected chi connectivity index (χ3v) is 2.42. The van der Waals surface area contributed by atoms with Gasteiger partial charge in [0, 0.05) is 19.6 Å². The molecule has 2 N–H and O–H groups in total. The van der Waals surface area contributed by atoms with Gasteiger partial charge in [-0.3, -0.25) is 0 Å². The van der Waals surface area contributed by atoms with Gasteiger partial charge < -0.3 is 15.5 Å². The number of anilines is 2. The van der Waals surface area contributed by atoms with Crippen LogP contribution in [0.5, 0.6) is 0 Å². The maximum absolute atomic E-state index is 4.32. The molecule has 0 radical (unpaired) electrons. The van der Waals surface area contributed by atoms with Crippen LogP contribution in [-0.2, 0) is 0 Å². The van der Waals surface area contributed by atoms with E-state index in [2.05, 4.69) is 40.6 Å². The first-order valence-electron chi connectivity index (χ1n) is 6.42. The molecule has 0 bridgehead atoms. The molecule has 0 saturated heterocycles. The van der Waals surface area contributed by atoms with E-state index in [0.29, 0.717) is 17.8 Å². The number of likely N-dealkylation sites (N-methyl/N-ethyl adjacent to an activating group) is 1. The summed E-state index contributed by atoms with van der Waals surface area (Å²) in [5, 5.41) is 10.3. The molecule has 9 heteroatoms. The lowest BCUT2D eigenvalue weighted by Gasteiger charge is -2.11. The highest BCUT2D eigenvalue weighted by molar-refractivity contribution is 5.37. The second-order valence-electron chi connectivity index (χ2n) is 4.38. The number of rotatable bonds is 7. The fraction of sp³-hybridized carbons (Fsp3) is 0.545. The summed E-state index contributed by atoms with van der Waals surface area (Å²) in [5.74, 6) is 1.46. The molecule has 108 valence electrons. The number of nitrogens with one attached hydrogen (secondary N) is 2. The molecule has 2 rings (SSSR count). The van der Waals surface area contributed by atoms with Crippen molar-refractivity contribution in [2.75, 3.05) is 44.4 Å². The van der Waals surface area contributed by atoms with E-state index in [4.69, 9.17) is 0 Å². The van der Waals surface area contributed by atoms with Crippen LogP contribution in [-0.4, -0.2) is 68.3 Å². The van der Waals surface area contributed by atoms with Gasteiger partial charge in [-0.15, -0.1) is 0 Å². The first kappa shape index (κ1) is 14.1. The maximum atomic E-state index is 4.32. The van der Waals surface area contributed by atoms with Gasteiger partial charge in [-0.2, -0.15) is 24.7 Å². The molecule has 0 spiro atoms. The molecule has 9 nitrogen and oxygen atoms in total. The zero-order valence-corrected chi connectivity index (χ0v) is 11.9. The van der Waals surface area contributed by atoms with E-state index in [1.54, 1.807) is 6.33 Å².